The molecule has 92 valence electrons. The van der Waals surface area contributed by atoms with E-state index in [1.54, 1.807) is 23.1 Å². The van der Waals surface area contributed by atoms with Crippen LogP contribution in [-0.4, -0.2) is 35.0 Å². The highest BCUT2D eigenvalue weighted by atomic mass is 32.2. The summed E-state index contributed by atoms with van der Waals surface area (Å²) in [5.74, 6) is 1.33. The molecule has 0 aliphatic heterocycles. The maximum Gasteiger partial charge on any atom is 0.150 e. The lowest BCUT2D eigenvalue weighted by Gasteiger charge is -2.11. The van der Waals surface area contributed by atoms with Gasteiger partial charge < -0.3 is 10.4 Å². The van der Waals surface area contributed by atoms with Gasteiger partial charge in [0.05, 0.1) is 6.10 Å². The SMILES string of the molecule is Cc1csc(SCC(O)CNCC(C)C)n1. The lowest BCUT2D eigenvalue weighted by molar-refractivity contribution is 0.194. The van der Waals surface area contributed by atoms with E-state index in [1.807, 2.05) is 12.3 Å². The predicted molar refractivity (Wildman–Crippen MR) is 71.3 cm³/mol. The van der Waals surface area contributed by atoms with E-state index in [1.165, 1.54) is 0 Å². The van der Waals surface area contributed by atoms with Gasteiger partial charge >= 0.3 is 0 Å². The van der Waals surface area contributed by atoms with E-state index in [2.05, 4.69) is 24.1 Å². The highest BCUT2D eigenvalue weighted by Gasteiger charge is 2.07. The third kappa shape index (κ3) is 5.84. The van der Waals surface area contributed by atoms with Crippen molar-refractivity contribution in [2.24, 2.45) is 5.92 Å². The minimum atomic E-state index is -0.298. The van der Waals surface area contributed by atoms with Crippen molar-refractivity contribution in [3.05, 3.63) is 11.1 Å². The van der Waals surface area contributed by atoms with Crippen molar-refractivity contribution in [3.8, 4) is 0 Å². The molecule has 0 radical (unpaired) electrons. The number of thiazole rings is 1. The third-order valence-electron chi connectivity index (χ3n) is 1.93. The molecule has 1 aromatic rings. The molecule has 2 N–H and O–H groups in total. The lowest BCUT2D eigenvalue weighted by atomic mass is 10.2. The van der Waals surface area contributed by atoms with E-state index in [0.29, 0.717) is 18.2 Å². The highest BCUT2D eigenvalue weighted by molar-refractivity contribution is 8.01. The second-order valence-electron chi connectivity index (χ2n) is 4.27. The summed E-state index contributed by atoms with van der Waals surface area (Å²) in [4.78, 5) is 4.34. The monoisotopic (exact) mass is 260 g/mol. The maximum atomic E-state index is 9.72. The first kappa shape index (κ1) is 14.0. The van der Waals surface area contributed by atoms with Crippen LogP contribution in [0.4, 0.5) is 0 Å². The first-order chi connectivity index (χ1) is 7.58. The Bertz CT molecular complexity index is 302. The smallest absolute Gasteiger partial charge is 0.150 e. The van der Waals surface area contributed by atoms with Gasteiger partial charge in [-0.05, 0) is 19.4 Å². The van der Waals surface area contributed by atoms with E-state index in [0.717, 1.165) is 16.6 Å². The van der Waals surface area contributed by atoms with Crippen molar-refractivity contribution < 1.29 is 5.11 Å². The summed E-state index contributed by atoms with van der Waals surface area (Å²) >= 11 is 3.27. The molecule has 1 atom stereocenters. The predicted octanol–water partition coefficient (Wildman–Crippen LogP) is 2.15. The molecule has 0 aliphatic carbocycles. The Hall–Kier alpha value is -0.100. The molecule has 1 rings (SSSR count). The van der Waals surface area contributed by atoms with Crippen LogP contribution in [0.2, 0.25) is 0 Å². The fraction of sp³-hybridized carbons (Fsp3) is 0.727. The molecule has 3 nitrogen and oxygen atoms in total. The minimum Gasteiger partial charge on any atom is -0.391 e. The Morgan fingerprint density at radius 1 is 1.50 bits per heavy atom. The first-order valence-electron chi connectivity index (χ1n) is 5.51. The summed E-state index contributed by atoms with van der Waals surface area (Å²) in [5, 5.41) is 15.0. The molecule has 0 fully saturated rings. The average molecular weight is 260 g/mol. The van der Waals surface area contributed by atoms with Crippen molar-refractivity contribution in [1.29, 1.82) is 0 Å². The number of aliphatic hydroxyl groups is 1. The molecule has 1 heterocycles. The molecule has 0 saturated carbocycles. The summed E-state index contributed by atoms with van der Waals surface area (Å²) in [5.41, 5.74) is 1.06. The number of aromatic nitrogens is 1. The second kappa shape index (κ2) is 7.27. The number of aryl methyl sites for hydroxylation is 1. The van der Waals surface area contributed by atoms with E-state index in [4.69, 9.17) is 0 Å². The molecule has 1 unspecified atom stereocenters. The van der Waals surface area contributed by atoms with Crippen LogP contribution in [0.3, 0.4) is 0 Å². The van der Waals surface area contributed by atoms with Gasteiger partial charge in [0.25, 0.3) is 0 Å². The van der Waals surface area contributed by atoms with Gasteiger partial charge in [-0.15, -0.1) is 11.3 Å². The molecular formula is C11H20N2OS2. The number of aliphatic hydroxyl groups excluding tert-OH is 1. The first-order valence-corrected chi connectivity index (χ1v) is 7.38. The topological polar surface area (TPSA) is 45.1 Å². The van der Waals surface area contributed by atoms with Gasteiger partial charge in [-0.25, -0.2) is 4.98 Å². The molecule has 0 aliphatic rings. The summed E-state index contributed by atoms with van der Waals surface area (Å²) in [6.45, 7) is 7.92. The second-order valence-corrected chi connectivity index (χ2v) is 6.40. The summed E-state index contributed by atoms with van der Waals surface area (Å²) in [6.07, 6.45) is -0.298. The molecule has 0 amide bonds. The van der Waals surface area contributed by atoms with E-state index < -0.39 is 0 Å². The van der Waals surface area contributed by atoms with Gasteiger partial charge in [0.2, 0.25) is 0 Å². The Morgan fingerprint density at radius 2 is 2.25 bits per heavy atom. The highest BCUT2D eigenvalue weighted by Crippen LogP contribution is 2.22. The number of thioether (sulfide) groups is 1. The summed E-state index contributed by atoms with van der Waals surface area (Å²) in [6, 6.07) is 0. The molecule has 0 spiro atoms. The molecule has 1 aromatic heterocycles. The van der Waals surface area contributed by atoms with Crippen LogP contribution in [0, 0.1) is 12.8 Å². The van der Waals surface area contributed by atoms with Gasteiger partial charge in [0.15, 0.2) is 0 Å². The van der Waals surface area contributed by atoms with Crippen molar-refractivity contribution in [1.82, 2.24) is 10.3 Å². The number of hydrogen-bond donors (Lipinski definition) is 2. The molecule has 0 bridgehead atoms. The van der Waals surface area contributed by atoms with Gasteiger partial charge in [-0.2, -0.15) is 0 Å². The quantitative estimate of drug-likeness (QED) is 0.737. The fourth-order valence-corrected chi connectivity index (χ4v) is 2.97. The van der Waals surface area contributed by atoms with E-state index in [-0.39, 0.29) is 6.10 Å². The van der Waals surface area contributed by atoms with E-state index >= 15 is 0 Å². The number of hydrogen-bond acceptors (Lipinski definition) is 5. The molecule has 0 aromatic carbocycles. The normalized spacial score (nSPS) is 13.3. The zero-order chi connectivity index (χ0) is 12.0. The molecule has 5 heteroatoms. The summed E-state index contributed by atoms with van der Waals surface area (Å²) in [7, 11) is 0. The zero-order valence-electron chi connectivity index (χ0n) is 10.1. The van der Waals surface area contributed by atoms with Crippen LogP contribution in [0.25, 0.3) is 0 Å². The van der Waals surface area contributed by atoms with Crippen molar-refractivity contribution in [2.75, 3.05) is 18.8 Å². The Balaban J connectivity index is 2.12. The Labute approximate surface area is 106 Å². The van der Waals surface area contributed by atoms with Crippen LogP contribution in [0.15, 0.2) is 9.72 Å². The van der Waals surface area contributed by atoms with Crippen LogP contribution in [-0.2, 0) is 0 Å². The third-order valence-corrected chi connectivity index (χ3v) is 4.21. The zero-order valence-corrected chi connectivity index (χ0v) is 11.7. The van der Waals surface area contributed by atoms with Crippen LogP contribution in [0.5, 0.6) is 0 Å². The average Bonchev–Trinajstić information content (AvgIpc) is 2.61. The van der Waals surface area contributed by atoms with Crippen LogP contribution >= 0.6 is 23.1 Å². The maximum absolute atomic E-state index is 9.72. The van der Waals surface area contributed by atoms with Crippen molar-refractivity contribution >= 4 is 23.1 Å². The number of nitrogens with zero attached hydrogens (tertiary/aromatic N) is 1. The van der Waals surface area contributed by atoms with Crippen LogP contribution < -0.4 is 5.32 Å². The molecule has 0 saturated heterocycles. The van der Waals surface area contributed by atoms with Crippen molar-refractivity contribution in [3.63, 3.8) is 0 Å². The molecular weight excluding hydrogens is 240 g/mol. The standard InChI is InChI=1S/C11H20N2OS2/c1-8(2)4-12-5-10(14)7-16-11-13-9(3)6-15-11/h6,8,10,12,14H,4-5,7H2,1-3H3. The van der Waals surface area contributed by atoms with Crippen LogP contribution in [0.1, 0.15) is 19.5 Å². The van der Waals surface area contributed by atoms with E-state index in [9.17, 15) is 5.11 Å². The largest absolute Gasteiger partial charge is 0.391 e. The van der Waals surface area contributed by atoms with Gasteiger partial charge in [0, 0.05) is 23.4 Å². The molecule has 16 heavy (non-hydrogen) atoms. The van der Waals surface area contributed by atoms with Crippen molar-refractivity contribution in [2.45, 2.75) is 31.2 Å². The Kier molecular flexibility index (Phi) is 6.34. The summed E-state index contributed by atoms with van der Waals surface area (Å²) < 4.78 is 1.04. The lowest BCUT2D eigenvalue weighted by Crippen LogP contribution is -2.30. The fourth-order valence-electron chi connectivity index (χ4n) is 1.16. The van der Waals surface area contributed by atoms with Gasteiger partial charge in [-0.3, -0.25) is 0 Å². The number of rotatable bonds is 7. The van der Waals surface area contributed by atoms with Gasteiger partial charge in [0.1, 0.15) is 4.34 Å². The Morgan fingerprint density at radius 3 is 2.81 bits per heavy atom. The minimum absolute atomic E-state index is 0.298. The van der Waals surface area contributed by atoms with Gasteiger partial charge in [-0.1, -0.05) is 25.6 Å². The number of nitrogens with one attached hydrogen (secondary N) is 1.